The maximum absolute atomic E-state index is 13.4. The molecule has 6 heterocycles. The van der Waals surface area contributed by atoms with Crippen molar-refractivity contribution in [2.24, 2.45) is 12.5 Å². The van der Waals surface area contributed by atoms with Gasteiger partial charge in [-0.2, -0.15) is 5.10 Å². The Morgan fingerprint density at radius 1 is 1.08 bits per heavy atom. The van der Waals surface area contributed by atoms with Crippen LogP contribution in [-0.2, 0) is 24.9 Å². The van der Waals surface area contributed by atoms with Crippen LogP contribution in [0.2, 0.25) is 10.0 Å². The highest BCUT2D eigenvalue weighted by atomic mass is 35.5. The minimum atomic E-state index is -0.185. The fourth-order valence-electron chi connectivity index (χ4n) is 7.79. The molecule has 1 spiro atoms. The number of halogens is 2. The Kier molecular flexibility index (Phi) is 8.84. The Labute approximate surface area is 304 Å². The molecule has 1 atom stereocenters. The Bertz CT molecular complexity index is 2220. The quantitative estimate of drug-likeness (QED) is 0.190. The molecular formula is C37H38Cl2N8O4. The minimum Gasteiger partial charge on any atom is -0.481 e. The lowest BCUT2D eigenvalue weighted by atomic mass is 9.62. The zero-order chi connectivity index (χ0) is 35.4. The summed E-state index contributed by atoms with van der Waals surface area (Å²) in [7, 11) is 3.33. The second-order valence-electron chi connectivity index (χ2n) is 14.0. The number of carbonyl (C=O) groups is 1. The van der Waals surface area contributed by atoms with Crippen molar-refractivity contribution in [3.63, 3.8) is 0 Å². The van der Waals surface area contributed by atoms with Gasteiger partial charge in [-0.1, -0.05) is 47.5 Å². The number of aliphatic hydroxyl groups excluding tert-OH is 1. The van der Waals surface area contributed by atoms with Gasteiger partial charge in [-0.3, -0.25) is 24.0 Å². The van der Waals surface area contributed by atoms with Crippen LogP contribution >= 0.6 is 23.2 Å². The molecule has 5 aromatic rings. The lowest BCUT2D eigenvalue weighted by molar-refractivity contribution is -0.131. The summed E-state index contributed by atoms with van der Waals surface area (Å²) in [5, 5.41) is 21.8. The second kappa shape index (κ2) is 13.3. The number of aliphatic hydroxyl groups is 1. The van der Waals surface area contributed by atoms with Crippen LogP contribution in [0.1, 0.15) is 37.1 Å². The van der Waals surface area contributed by atoms with E-state index in [4.69, 9.17) is 38.0 Å². The van der Waals surface area contributed by atoms with Gasteiger partial charge in [0.25, 0.3) is 5.56 Å². The molecule has 3 N–H and O–H groups in total. The molecule has 1 saturated carbocycles. The largest absolute Gasteiger partial charge is 0.481 e. The number of nitrogens with zero attached hydrogens (tertiary/aromatic N) is 6. The van der Waals surface area contributed by atoms with Crippen molar-refractivity contribution in [3.05, 3.63) is 86.6 Å². The zero-order valence-corrected chi connectivity index (χ0v) is 29.8. The number of likely N-dealkylation sites (tertiary alicyclic amines) is 1. The molecule has 0 unspecified atom stereocenters. The molecule has 0 bridgehead atoms. The molecule has 264 valence electrons. The van der Waals surface area contributed by atoms with Gasteiger partial charge in [0.05, 0.1) is 41.2 Å². The molecule has 0 radical (unpaired) electrons. The highest BCUT2D eigenvalue weighted by Gasteiger charge is 2.51. The van der Waals surface area contributed by atoms with Gasteiger partial charge < -0.3 is 20.5 Å². The predicted octanol–water partition coefficient (Wildman–Crippen LogP) is 4.46. The SMILES string of the molecule is COc1nc(-c2cccc(-c3ccnc(-c4cc5c(=O)n(C)c(CN6CC7(CC(O)C7)C6)nn5c4)c3Cl)c2Cl)ccc1CNC[C@@H]1CCC(=O)N1. The fourth-order valence-corrected chi connectivity index (χ4v) is 8.43. The highest BCUT2D eigenvalue weighted by molar-refractivity contribution is 6.39. The average Bonchev–Trinajstić information content (AvgIpc) is 3.71. The molecule has 2 aliphatic heterocycles. The van der Waals surface area contributed by atoms with E-state index < -0.39 is 0 Å². The highest BCUT2D eigenvalue weighted by Crippen LogP contribution is 2.48. The summed E-state index contributed by atoms with van der Waals surface area (Å²) in [6, 6.07) is 13.3. The van der Waals surface area contributed by atoms with Gasteiger partial charge in [0.1, 0.15) is 11.3 Å². The molecule has 1 aromatic carbocycles. The summed E-state index contributed by atoms with van der Waals surface area (Å²) in [5.74, 6) is 1.24. The molecule has 3 fully saturated rings. The van der Waals surface area contributed by atoms with Gasteiger partial charge in [0.2, 0.25) is 11.8 Å². The monoisotopic (exact) mass is 728 g/mol. The molecule has 14 heteroatoms. The van der Waals surface area contributed by atoms with Crippen LogP contribution in [0.15, 0.2) is 59.7 Å². The Balaban J connectivity index is 1.04. The second-order valence-corrected chi connectivity index (χ2v) is 14.8. The van der Waals surface area contributed by atoms with Crippen molar-refractivity contribution < 1.29 is 14.6 Å². The number of methoxy groups -OCH3 is 1. The number of rotatable bonds is 10. The van der Waals surface area contributed by atoms with Crippen LogP contribution in [0.4, 0.5) is 0 Å². The van der Waals surface area contributed by atoms with Crippen molar-refractivity contribution in [2.75, 3.05) is 26.7 Å². The van der Waals surface area contributed by atoms with E-state index in [-0.39, 0.29) is 29.0 Å². The molecular weight excluding hydrogens is 691 g/mol. The van der Waals surface area contributed by atoms with E-state index in [0.29, 0.717) is 87.0 Å². The first-order valence-corrected chi connectivity index (χ1v) is 17.8. The molecule has 3 aliphatic rings. The smallest absolute Gasteiger partial charge is 0.277 e. The molecule has 8 rings (SSSR count). The van der Waals surface area contributed by atoms with E-state index in [9.17, 15) is 14.7 Å². The van der Waals surface area contributed by atoms with Gasteiger partial charge in [0.15, 0.2) is 0 Å². The Morgan fingerprint density at radius 3 is 2.61 bits per heavy atom. The van der Waals surface area contributed by atoms with E-state index in [1.165, 1.54) is 0 Å². The van der Waals surface area contributed by atoms with Crippen LogP contribution in [0, 0.1) is 5.41 Å². The number of amides is 1. The van der Waals surface area contributed by atoms with Gasteiger partial charge in [0, 0.05) is 91.3 Å². The standard InChI is InChI=1S/C37H38Cl2N8O4/c1-45-30(18-46-19-37(20-46)13-24(48)14-37)44-47-17-22(12-29(47)36(45)50)34-33(39)26(10-11-41-34)25-4-3-5-27(32(25)38)28-8-6-21(35(43-28)51-2)15-40-16-23-7-9-31(49)42-23/h3-6,8,10-12,17,23-24,40,48H,7,9,13-16,18-20H2,1-2H3,(H,42,49)/t23-/m0/s1. The van der Waals surface area contributed by atoms with Gasteiger partial charge in [-0.25, -0.2) is 9.50 Å². The van der Waals surface area contributed by atoms with Crippen molar-refractivity contribution in [3.8, 4) is 39.5 Å². The van der Waals surface area contributed by atoms with E-state index in [2.05, 4.69) is 20.5 Å². The van der Waals surface area contributed by atoms with Gasteiger partial charge in [-0.05, 0) is 37.5 Å². The summed E-state index contributed by atoms with van der Waals surface area (Å²) in [5.41, 5.74) is 5.30. The maximum atomic E-state index is 13.4. The van der Waals surface area contributed by atoms with Crippen molar-refractivity contribution in [1.29, 1.82) is 0 Å². The van der Waals surface area contributed by atoms with Crippen LogP contribution in [0.3, 0.4) is 0 Å². The fraction of sp³-hybridized carbons (Fsp3) is 0.378. The number of hydrogen-bond donors (Lipinski definition) is 3. The van der Waals surface area contributed by atoms with Crippen molar-refractivity contribution in [1.82, 2.24) is 39.7 Å². The van der Waals surface area contributed by atoms with Crippen LogP contribution in [-0.4, -0.2) is 79.0 Å². The number of aromatic nitrogens is 5. The first-order chi connectivity index (χ1) is 24.6. The maximum Gasteiger partial charge on any atom is 0.277 e. The topological polar surface area (TPSA) is 139 Å². The zero-order valence-electron chi connectivity index (χ0n) is 28.3. The number of ether oxygens (including phenoxy) is 1. The van der Waals surface area contributed by atoms with E-state index in [1.54, 1.807) is 41.7 Å². The van der Waals surface area contributed by atoms with Crippen molar-refractivity contribution >= 4 is 34.6 Å². The number of hydrogen-bond acceptors (Lipinski definition) is 9. The molecule has 1 amide bonds. The van der Waals surface area contributed by atoms with Gasteiger partial charge >= 0.3 is 0 Å². The van der Waals surface area contributed by atoms with Crippen LogP contribution in [0.5, 0.6) is 5.88 Å². The normalized spacial score (nSPS) is 18.6. The third-order valence-corrected chi connectivity index (χ3v) is 11.2. The third kappa shape index (κ3) is 6.29. The van der Waals surface area contributed by atoms with E-state index in [1.807, 2.05) is 36.4 Å². The number of fused-ring (bicyclic) bond motifs is 1. The first kappa shape index (κ1) is 33.8. The Morgan fingerprint density at radius 2 is 1.86 bits per heavy atom. The van der Waals surface area contributed by atoms with Crippen molar-refractivity contribution in [2.45, 2.75) is 50.9 Å². The predicted molar refractivity (Wildman–Crippen MR) is 195 cm³/mol. The van der Waals surface area contributed by atoms with Crippen LogP contribution < -0.4 is 20.9 Å². The summed E-state index contributed by atoms with van der Waals surface area (Å²) in [6.45, 7) is 3.56. The van der Waals surface area contributed by atoms with E-state index in [0.717, 1.165) is 37.9 Å². The first-order valence-electron chi connectivity index (χ1n) is 17.1. The number of pyridine rings is 2. The summed E-state index contributed by atoms with van der Waals surface area (Å²) in [4.78, 5) is 36.6. The Hall–Kier alpha value is -4.33. The average molecular weight is 730 g/mol. The summed E-state index contributed by atoms with van der Waals surface area (Å²) < 4.78 is 8.85. The molecule has 1 aliphatic carbocycles. The van der Waals surface area contributed by atoms with Crippen LogP contribution in [0.25, 0.3) is 39.2 Å². The summed E-state index contributed by atoms with van der Waals surface area (Å²) in [6.07, 6.45) is 6.36. The number of nitrogens with one attached hydrogen (secondary N) is 2. The van der Waals surface area contributed by atoms with Gasteiger partial charge in [-0.15, -0.1) is 0 Å². The molecule has 4 aromatic heterocycles. The molecule has 12 nitrogen and oxygen atoms in total. The summed E-state index contributed by atoms with van der Waals surface area (Å²) >= 11 is 14.2. The number of carbonyl (C=O) groups excluding carboxylic acids is 1. The molecule has 2 saturated heterocycles. The lowest BCUT2D eigenvalue weighted by Gasteiger charge is -2.57. The number of benzene rings is 1. The molecule has 51 heavy (non-hydrogen) atoms. The van der Waals surface area contributed by atoms with E-state index >= 15 is 0 Å². The lowest BCUT2D eigenvalue weighted by Crippen LogP contribution is -2.63. The minimum absolute atomic E-state index is 0.0913. The third-order valence-electron chi connectivity index (χ3n) is 10.4.